The molecule has 0 bridgehead atoms. The van der Waals surface area contributed by atoms with Crippen molar-refractivity contribution in [2.75, 3.05) is 0 Å². The molecule has 120 valence electrons. The fraction of sp³-hybridized carbons (Fsp3) is 0.733. The zero-order valence-electron chi connectivity index (χ0n) is 13.5. The van der Waals surface area contributed by atoms with Crippen LogP contribution in [0, 0.1) is 5.41 Å². The van der Waals surface area contributed by atoms with E-state index < -0.39 is 0 Å². The SMILES string of the molecule is CC(C)(C)[C@H](NC1CCCCC1)c1nc(-c2ncn[nH]2)no1. The summed E-state index contributed by atoms with van der Waals surface area (Å²) < 4.78 is 5.51. The molecule has 2 aromatic rings. The predicted octanol–water partition coefficient (Wildman–Crippen LogP) is 2.86. The van der Waals surface area contributed by atoms with E-state index in [1.807, 2.05) is 0 Å². The van der Waals surface area contributed by atoms with Gasteiger partial charge in [0.15, 0.2) is 5.82 Å². The van der Waals surface area contributed by atoms with E-state index in [0.717, 1.165) is 0 Å². The van der Waals surface area contributed by atoms with Crippen LogP contribution < -0.4 is 5.32 Å². The van der Waals surface area contributed by atoms with Gasteiger partial charge >= 0.3 is 0 Å². The molecule has 7 heteroatoms. The van der Waals surface area contributed by atoms with Crippen molar-refractivity contribution < 1.29 is 4.52 Å². The lowest BCUT2D eigenvalue weighted by Crippen LogP contribution is -2.40. The molecular formula is C15H24N6O. The number of hydrogen-bond acceptors (Lipinski definition) is 6. The summed E-state index contributed by atoms with van der Waals surface area (Å²) in [6.07, 6.45) is 7.80. The third kappa shape index (κ3) is 3.35. The van der Waals surface area contributed by atoms with Gasteiger partial charge in [0.1, 0.15) is 6.33 Å². The number of H-pyrrole nitrogens is 1. The van der Waals surface area contributed by atoms with Gasteiger partial charge in [0, 0.05) is 6.04 Å². The Bertz CT molecular complexity index is 579. The van der Waals surface area contributed by atoms with Crippen molar-refractivity contribution >= 4 is 0 Å². The van der Waals surface area contributed by atoms with Crippen molar-refractivity contribution in [3.8, 4) is 11.6 Å². The zero-order valence-corrected chi connectivity index (χ0v) is 13.5. The molecule has 1 aliphatic carbocycles. The third-order valence-electron chi connectivity index (χ3n) is 4.19. The van der Waals surface area contributed by atoms with Gasteiger partial charge in [-0.05, 0) is 18.3 Å². The second kappa shape index (κ2) is 6.16. The summed E-state index contributed by atoms with van der Waals surface area (Å²) in [4.78, 5) is 8.58. The molecule has 2 heterocycles. The van der Waals surface area contributed by atoms with E-state index in [9.17, 15) is 0 Å². The summed E-state index contributed by atoms with van der Waals surface area (Å²) in [5.41, 5.74) is -0.0112. The van der Waals surface area contributed by atoms with Crippen molar-refractivity contribution in [1.82, 2.24) is 30.6 Å². The minimum atomic E-state index is -0.0112. The molecule has 3 rings (SSSR count). The van der Waals surface area contributed by atoms with E-state index in [0.29, 0.717) is 23.6 Å². The van der Waals surface area contributed by atoms with Gasteiger partial charge in [-0.2, -0.15) is 10.1 Å². The van der Waals surface area contributed by atoms with Crippen LogP contribution in [0.25, 0.3) is 11.6 Å². The first-order valence-corrected chi connectivity index (χ1v) is 7.99. The average molecular weight is 304 g/mol. The molecule has 1 fully saturated rings. The lowest BCUT2D eigenvalue weighted by Gasteiger charge is -2.34. The molecule has 0 saturated heterocycles. The molecule has 1 atom stereocenters. The first-order chi connectivity index (χ1) is 10.5. The van der Waals surface area contributed by atoms with E-state index in [1.165, 1.54) is 38.4 Å². The highest BCUT2D eigenvalue weighted by Gasteiger charge is 2.33. The van der Waals surface area contributed by atoms with Crippen LogP contribution >= 0.6 is 0 Å². The molecule has 0 aliphatic heterocycles. The average Bonchev–Trinajstić information content (AvgIpc) is 3.15. The van der Waals surface area contributed by atoms with Gasteiger partial charge in [-0.3, -0.25) is 5.10 Å². The summed E-state index contributed by atoms with van der Waals surface area (Å²) in [5, 5.41) is 14.3. The first-order valence-electron chi connectivity index (χ1n) is 7.99. The molecule has 22 heavy (non-hydrogen) atoms. The minimum absolute atomic E-state index is 0.0112. The highest BCUT2D eigenvalue weighted by Crippen LogP contribution is 2.34. The molecule has 7 nitrogen and oxygen atoms in total. The number of nitrogens with zero attached hydrogens (tertiary/aromatic N) is 4. The van der Waals surface area contributed by atoms with E-state index in [2.05, 4.69) is 51.4 Å². The Hall–Kier alpha value is -1.76. The van der Waals surface area contributed by atoms with Crippen LogP contribution in [0.5, 0.6) is 0 Å². The maximum Gasteiger partial charge on any atom is 0.244 e. The number of aromatic amines is 1. The van der Waals surface area contributed by atoms with Crippen LogP contribution in [0.1, 0.15) is 64.8 Å². The number of hydrogen-bond donors (Lipinski definition) is 2. The molecule has 1 saturated carbocycles. The molecule has 0 radical (unpaired) electrons. The van der Waals surface area contributed by atoms with Gasteiger partial charge in [-0.1, -0.05) is 45.2 Å². The summed E-state index contributed by atoms with van der Waals surface area (Å²) in [6, 6.07) is 0.554. The minimum Gasteiger partial charge on any atom is -0.337 e. The molecule has 0 aromatic carbocycles. The summed E-state index contributed by atoms with van der Waals surface area (Å²) in [7, 11) is 0. The fourth-order valence-corrected chi connectivity index (χ4v) is 2.96. The van der Waals surface area contributed by atoms with Gasteiger partial charge in [-0.15, -0.1) is 0 Å². The Kier molecular flexibility index (Phi) is 4.24. The normalized spacial score (nSPS) is 18.5. The van der Waals surface area contributed by atoms with Gasteiger partial charge in [0.05, 0.1) is 6.04 Å². The van der Waals surface area contributed by atoms with Crippen molar-refractivity contribution in [3.63, 3.8) is 0 Å². The maximum absolute atomic E-state index is 5.51. The highest BCUT2D eigenvalue weighted by atomic mass is 16.5. The number of nitrogens with one attached hydrogen (secondary N) is 2. The molecule has 0 amide bonds. The Morgan fingerprint density at radius 3 is 2.68 bits per heavy atom. The lowest BCUT2D eigenvalue weighted by molar-refractivity contribution is 0.183. The third-order valence-corrected chi connectivity index (χ3v) is 4.19. The maximum atomic E-state index is 5.51. The Morgan fingerprint density at radius 1 is 1.27 bits per heavy atom. The molecule has 2 N–H and O–H groups in total. The fourth-order valence-electron chi connectivity index (χ4n) is 2.96. The molecular weight excluding hydrogens is 280 g/mol. The van der Waals surface area contributed by atoms with Crippen molar-refractivity contribution in [3.05, 3.63) is 12.2 Å². The topological polar surface area (TPSA) is 92.5 Å². The van der Waals surface area contributed by atoms with E-state index >= 15 is 0 Å². The zero-order chi connectivity index (χ0) is 15.6. The second-order valence-corrected chi connectivity index (χ2v) is 7.09. The second-order valence-electron chi connectivity index (χ2n) is 7.09. The standard InChI is InChI=1S/C15H24N6O/c1-15(2,3)11(18-10-7-5-4-6-8-10)14-19-13(21-22-14)12-16-9-17-20-12/h9-11,18H,4-8H2,1-3H3,(H,16,17,20)/t11-/m1/s1. The van der Waals surface area contributed by atoms with Crippen LogP contribution in [0.2, 0.25) is 0 Å². The number of rotatable bonds is 4. The van der Waals surface area contributed by atoms with Crippen LogP contribution in [-0.2, 0) is 0 Å². The quantitative estimate of drug-likeness (QED) is 0.902. The van der Waals surface area contributed by atoms with Crippen molar-refractivity contribution in [1.29, 1.82) is 0 Å². The van der Waals surface area contributed by atoms with Crippen LogP contribution in [-0.4, -0.2) is 31.4 Å². The van der Waals surface area contributed by atoms with Gasteiger partial charge in [-0.25, -0.2) is 4.98 Å². The Balaban J connectivity index is 1.80. The molecule has 2 aromatic heterocycles. The van der Waals surface area contributed by atoms with E-state index in [-0.39, 0.29) is 11.5 Å². The van der Waals surface area contributed by atoms with Crippen molar-refractivity contribution in [2.45, 2.75) is 65.0 Å². The smallest absolute Gasteiger partial charge is 0.244 e. The molecule has 1 aliphatic rings. The Morgan fingerprint density at radius 2 is 2.05 bits per heavy atom. The first kappa shape index (κ1) is 15.1. The van der Waals surface area contributed by atoms with Gasteiger partial charge < -0.3 is 9.84 Å². The predicted molar refractivity (Wildman–Crippen MR) is 81.9 cm³/mol. The lowest BCUT2D eigenvalue weighted by atomic mass is 9.84. The Labute approximate surface area is 130 Å². The molecule has 0 spiro atoms. The van der Waals surface area contributed by atoms with Crippen LogP contribution in [0.4, 0.5) is 0 Å². The van der Waals surface area contributed by atoms with Gasteiger partial charge in [0.2, 0.25) is 11.7 Å². The monoisotopic (exact) mass is 304 g/mol. The largest absolute Gasteiger partial charge is 0.337 e. The van der Waals surface area contributed by atoms with E-state index in [4.69, 9.17) is 4.52 Å². The summed E-state index contributed by atoms with van der Waals surface area (Å²) >= 11 is 0. The van der Waals surface area contributed by atoms with E-state index in [1.54, 1.807) is 0 Å². The van der Waals surface area contributed by atoms with Crippen LogP contribution in [0.15, 0.2) is 10.9 Å². The summed E-state index contributed by atoms with van der Waals surface area (Å²) in [6.45, 7) is 6.56. The summed E-state index contributed by atoms with van der Waals surface area (Å²) in [5.74, 6) is 1.59. The molecule has 0 unspecified atom stereocenters. The number of aromatic nitrogens is 5. The van der Waals surface area contributed by atoms with Gasteiger partial charge in [0.25, 0.3) is 0 Å². The highest BCUT2D eigenvalue weighted by molar-refractivity contribution is 5.39. The van der Waals surface area contributed by atoms with Crippen molar-refractivity contribution in [2.24, 2.45) is 5.41 Å². The van der Waals surface area contributed by atoms with Crippen LogP contribution in [0.3, 0.4) is 0 Å².